The van der Waals surface area contributed by atoms with Crippen LogP contribution in [0.2, 0.25) is 0 Å². The van der Waals surface area contributed by atoms with Gasteiger partial charge in [0.1, 0.15) is 0 Å². The Kier molecular flexibility index (Phi) is 10.9. The van der Waals surface area contributed by atoms with E-state index in [4.69, 9.17) is 5.73 Å². The molecule has 76 valence electrons. The first-order valence-corrected chi connectivity index (χ1v) is 5.43. The minimum absolute atomic E-state index is 0.796. The Morgan fingerprint density at radius 2 is 1.54 bits per heavy atom. The van der Waals surface area contributed by atoms with E-state index in [0.717, 1.165) is 19.4 Å². The maximum atomic E-state index is 5.37. The van der Waals surface area contributed by atoms with Gasteiger partial charge in [-0.25, -0.2) is 0 Å². The van der Waals surface area contributed by atoms with E-state index in [9.17, 15) is 0 Å². The molecule has 0 spiro atoms. The van der Waals surface area contributed by atoms with Gasteiger partial charge in [0.05, 0.1) is 0 Å². The van der Waals surface area contributed by atoms with Crippen molar-refractivity contribution < 1.29 is 0 Å². The van der Waals surface area contributed by atoms with Gasteiger partial charge < -0.3 is 5.73 Å². The second-order valence-electron chi connectivity index (χ2n) is 3.28. The van der Waals surface area contributed by atoms with Crippen LogP contribution in [0.3, 0.4) is 0 Å². The molecule has 0 amide bonds. The van der Waals surface area contributed by atoms with Crippen molar-refractivity contribution in [3.63, 3.8) is 0 Å². The molecule has 0 bridgehead atoms. The smallest absolute Gasteiger partial charge is 0.00743 e. The van der Waals surface area contributed by atoms with Crippen LogP contribution in [0.4, 0.5) is 0 Å². The second-order valence-corrected chi connectivity index (χ2v) is 3.28. The summed E-state index contributed by atoms with van der Waals surface area (Å²) in [6, 6.07) is 0. The zero-order valence-corrected chi connectivity index (χ0v) is 8.84. The van der Waals surface area contributed by atoms with Gasteiger partial charge >= 0.3 is 0 Å². The molecule has 2 N–H and O–H groups in total. The fourth-order valence-corrected chi connectivity index (χ4v) is 1.10. The maximum absolute atomic E-state index is 5.37. The molecule has 13 heavy (non-hydrogen) atoms. The Hall–Kier alpha value is -0.560. The van der Waals surface area contributed by atoms with Gasteiger partial charge in [0.25, 0.3) is 0 Å². The zero-order valence-electron chi connectivity index (χ0n) is 8.84. The van der Waals surface area contributed by atoms with Crippen LogP contribution in [-0.2, 0) is 0 Å². The van der Waals surface area contributed by atoms with Crippen LogP contribution in [0.1, 0.15) is 45.4 Å². The van der Waals surface area contributed by atoms with Crippen molar-refractivity contribution in [2.45, 2.75) is 45.4 Å². The van der Waals surface area contributed by atoms with Gasteiger partial charge in [0.15, 0.2) is 0 Å². The third-order valence-electron chi connectivity index (χ3n) is 1.93. The third-order valence-corrected chi connectivity index (χ3v) is 1.93. The van der Waals surface area contributed by atoms with E-state index in [0.29, 0.717) is 0 Å². The minimum atomic E-state index is 0.796. The van der Waals surface area contributed by atoms with Gasteiger partial charge in [0.2, 0.25) is 0 Å². The van der Waals surface area contributed by atoms with E-state index in [1.54, 1.807) is 0 Å². The lowest BCUT2D eigenvalue weighted by Crippen LogP contribution is -1.96. The second kappa shape index (κ2) is 11.4. The molecule has 1 nitrogen and oxygen atoms in total. The lowest BCUT2D eigenvalue weighted by atomic mass is 10.2. The van der Waals surface area contributed by atoms with Crippen molar-refractivity contribution in [2.24, 2.45) is 5.73 Å². The number of rotatable bonds is 8. The first-order chi connectivity index (χ1) is 6.41. The highest BCUT2D eigenvalue weighted by Gasteiger charge is 1.80. The van der Waals surface area contributed by atoms with Crippen molar-refractivity contribution in [1.29, 1.82) is 0 Å². The van der Waals surface area contributed by atoms with Gasteiger partial charge in [0, 0.05) is 0 Å². The van der Waals surface area contributed by atoms with E-state index < -0.39 is 0 Å². The molecular weight excluding hydrogens is 158 g/mol. The first kappa shape index (κ1) is 12.4. The summed E-state index contributed by atoms with van der Waals surface area (Å²) in [6.45, 7) is 3.03. The van der Waals surface area contributed by atoms with Gasteiger partial charge in [-0.3, -0.25) is 0 Å². The van der Waals surface area contributed by atoms with Crippen LogP contribution in [0.15, 0.2) is 24.3 Å². The maximum Gasteiger partial charge on any atom is -0.00743 e. The summed E-state index contributed by atoms with van der Waals surface area (Å²) < 4.78 is 0. The van der Waals surface area contributed by atoms with E-state index in [1.807, 2.05) is 0 Å². The van der Waals surface area contributed by atoms with Crippen molar-refractivity contribution in [3.8, 4) is 0 Å². The molecule has 0 aromatic heterocycles. The Morgan fingerprint density at radius 1 is 0.923 bits per heavy atom. The summed E-state index contributed by atoms with van der Waals surface area (Å²) >= 11 is 0. The molecule has 0 aromatic carbocycles. The molecule has 1 heteroatoms. The number of allylic oxidation sites excluding steroid dienone is 4. The molecular formula is C12H23N. The molecule has 0 aliphatic rings. The summed E-state index contributed by atoms with van der Waals surface area (Å²) in [6.07, 6.45) is 16.1. The summed E-state index contributed by atoms with van der Waals surface area (Å²) in [5.41, 5.74) is 5.37. The van der Waals surface area contributed by atoms with Gasteiger partial charge in [-0.15, -0.1) is 0 Å². The quantitative estimate of drug-likeness (QED) is 0.450. The van der Waals surface area contributed by atoms with Gasteiger partial charge in [-0.1, -0.05) is 44.1 Å². The number of hydrogen-bond acceptors (Lipinski definition) is 1. The topological polar surface area (TPSA) is 26.0 Å². The highest BCUT2D eigenvalue weighted by atomic mass is 14.5. The van der Waals surface area contributed by atoms with Crippen LogP contribution in [0.5, 0.6) is 0 Å². The van der Waals surface area contributed by atoms with Crippen molar-refractivity contribution in [2.75, 3.05) is 6.54 Å². The lowest BCUT2D eigenvalue weighted by molar-refractivity contribution is 0.729. The number of hydrogen-bond donors (Lipinski definition) is 1. The fraction of sp³-hybridized carbons (Fsp3) is 0.667. The van der Waals surface area contributed by atoms with E-state index >= 15 is 0 Å². The molecule has 0 radical (unpaired) electrons. The molecule has 0 saturated heterocycles. The average Bonchev–Trinajstić information content (AvgIpc) is 2.16. The van der Waals surface area contributed by atoms with Crippen LogP contribution < -0.4 is 5.73 Å². The minimum Gasteiger partial charge on any atom is -0.330 e. The van der Waals surface area contributed by atoms with Crippen LogP contribution >= 0.6 is 0 Å². The normalized spacial score (nSPS) is 11.8. The zero-order chi connectivity index (χ0) is 9.78. The fourth-order valence-electron chi connectivity index (χ4n) is 1.10. The monoisotopic (exact) mass is 181 g/mol. The van der Waals surface area contributed by atoms with Crippen molar-refractivity contribution in [3.05, 3.63) is 24.3 Å². The summed E-state index contributed by atoms with van der Waals surface area (Å²) in [7, 11) is 0. The molecule has 0 aliphatic carbocycles. The van der Waals surface area contributed by atoms with Crippen molar-refractivity contribution >= 4 is 0 Å². The van der Waals surface area contributed by atoms with Crippen LogP contribution in [0.25, 0.3) is 0 Å². The van der Waals surface area contributed by atoms with Gasteiger partial charge in [-0.2, -0.15) is 0 Å². The predicted molar refractivity (Wildman–Crippen MR) is 60.7 cm³/mol. The van der Waals surface area contributed by atoms with Crippen LogP contribution in [-0.4, -0.2) is 6.54 Å². The largest absolute Gasteiger partial charge is 0.330 e. The molecule has 0 saturated carbocycles. The molecule has 0 atom stereocenters. The molecule has 0 fully saturated rings. The van der Waals surface area contributed by atoms with Crippen molar-refractivity contribution in [1.82, 2.24) is 0 Å². The van der Waals surface area contributed by atoms with Crippen LogP contribution in [0, 0.1) is 0 Å². The summed E-state index contributed by atoms with van der Waals surface area (Å²) in [5, 5.41) is 0. The van der Waals surface area contributed by atoms with Gasteiger partial charge in [-0.05, 0) is 32.2 Å². The first-order valence-electron chi connectivity index (χ1n) is 5.43. The Bertz CT molecular complexity index is 136. The summed E-state index contributed by atoms with van der Waals surface area (Å²) in [5.74, 6) is 0. The molecule has 0 aliphatic heterocycles. The third kappa shape index (κ3) is 11.4. The van der Waals surface area contributed by atoms with E-state index in [1.165, 1.54) is 25.7 Å². The Labute approximate surface area is 82.7 Å². The lowest BCUT2D eigenvalue weighted by Gasteiger charge is -1.90. The summed E-state index contributed by atoms with van der Waals surface area (Å²) in [4.78, 5) is 0. The highest BCUT2D eigenvalue weighted by molar-refractivity contribution is 5.02. The Balaban J connectivity index is 3.15. The standard InChI is InChI=1S/C12H23N/c1-2-3-4-5-6-7-8-9-10-11-12-13/h6-9H,2-5,10-13H2,1H3. The molecule has 0 heterocycles. The van der Waals surface area contributed by atoms with E-state index in [-0.39, 0.29) is 0 Å². The SMILES string of the molecule is CCCCCC=CC=CCCCN. The number of unbranched alkanes of at least 4 members (excludes halogenated alkanes) is 4. The van der Waals surface area contributed by atoms with E-state index in [2.05, 4.69) is 31.2 Å². The molecule has 0 unspecified atom stereocenters. The molecule has 0 aromatic rings. The predicted octanol–water partition coefficient (Wildman–Crippen LogP) is 3.42. The number of nitrogens with two attached hydrogens (primary N) is 1. The average molecular weight is 181 g/mol. The Morgan fingerprint density at radius 3 is 2.08 bits per heavy atom. The molecule has 0 rings (SSSR count). The highest BCUT2D eigenvalue weighted by Crippen LogP contribution is 1.99.